The molecule has 1 aromatic carbocycles. The van der Waals surface area contributed by atoms with E-state index >= 15 is 0 Å². The van der Waals surface area contributed by atoms with E-state index in [1.807, 2.05) is 35.0 Å². The van der Waals surface area contributed by atoms with E-state index in [0.717, 1.165) is 34.0 Å². The molecule has 0 bridgehead atoms. The normalized spacial score (nSPS) is 11.5. The van der Waals surface area contributed by atoms with Crippen LogP contribution in [0.15, 0.2) is 52.4 Å². The molecule has 0 unspecified atom stereocenters. The maximum atomic E-state index is 5.33. The minimum absolute atomic E-state index is 0.499. The summed E-state index contributed by atoms with van der Waals surface area (Å²) >= 11 is 1.54. The van der Waals surface area contributed by atoms with Crippen molar-refractivity contribution < 1.29 is 4.52 Å². The first-order valence-electron chi connectivity index (χ1n) is 8.39. The Morgan fingerprint density at radius 2 is 2.00 bits per heavy atom. The van der Waals surface area contributed by atoms with E-state index in [0.29, 0.717) is 17.6 Å². The maximum absolute atomic E-state index is 5.33. The summed E-state index contributed by atoms with van der Waals surface area (Å²) in [5.74, 6) is 2.42. The molecule has 0 spiro atoms. The Morgan fingerprint density at radius 1 is 1.15 bits per heavy atom. The highest BCUT2D eigenvalue weighted by Crippen LogP contribution is 2.28. The van der Waals surface area contributed by atoms with Crippen molar-refractivity contribution >= 4 is 22.8 Å². The summed E-state index contributed by atoms with van der Waals surface area (Å²) in [6.45, 7) is 4.26. The number of benzene rings is 1. The van der Waals surface area contributed by atoms with E-state index in [1.54, 1.807) is 24.3 Å². The molecule has 3 aromatic heterocycles. The van der Waals surface area contributed by atoms with Crippen LogP contribution in [0.25, 0.3) is 16.7 Å². The minimum Gasteiger partial charge on any atom is -0.338 e. The Morgan fingerprint density at radius 3 is 2.81 bits per heavy atom. The van der Waals surface area contributed by atoms with E-state index in [4.69, 9.17) is 4.52 Å². The van der Waals surface area contributed by atoms with Gasteiger partial charge in [0.05, 0.1) is 23.0 Å². The zero-order valence-electron chi connectivity index (χ0n) is 14.5. The first kappa shape index (κ1) is 16.7. The molecule has 0 aliphatic rings. The molecule has 0 N–H and O–H groups in total. The molecular formula is C18H18N6OS. The molecule has 0 amide bonds. The van der Waals surface area contributed by atoms with Crippen LogP contribution in [0.1, 0.15) is 25.6 Å². The quantitative estimate of drug-likeness (QED) is 0.380. The number of hydrogen-bond donors (Lipinski definition) is 0. The van der Waals surface area contributed by atoms with Crippen molar-refractivity contribution in [2.45, 2.75) is 31.0 Å². The van der Waals surface area contributed by atoms with Gasteiger partial charge in [0, 0.05) is 6.42 Å². The number of aromatic nitrogens is 6. The predicted octanol–water partition coefficient (Wildman–Crippen LogP) is 3.69. The van der Waals surface area contributed by atoms with Gasteiger partial charge in [-0.15, -0.1) is 0 Å². The Balaban J connectivity index is 1.56. The molecule has 0 fully saturated rings. The van der Waals surface area contributed by atoms with Gasteiger partial charge in [-0.05, 0) is 18.1 Å². The second-order valence-corrected chi connectivity index (χ2v) is 7.26. The van der Waals surface area contributed by atoms with Crippen LogP contribution in [0.2, 0.25) is 0 Å². The monoisotopic (exact) mass is 366 g/mol. The Hall–Kier alpha value is -2.74. The van der Waals surface area contributed by atoms with Crippen LogP contribution >= 0.6 is 11.8 Å². The SMILES string of the molecule is CC(C)Cc1noc(CSc2ncnc3c2cnn3-c2ccccc2)n1. The average Bonchev–Trinajstić information content (AvgIpc) is 3.27. The number of fused-ring (bicyclic) bond motifs is 1. The van der Waals surface area contributed by atoms with Crippen molar-refractivity contribution in [2.75, 3.05) is 0 Å². The molecule has 0 saturated heterocycles. The molecule has 0 aliphatic heterocycles. The van der Waals surface area contributed by atoms with Crippen molar-refractivity contribution in [3.05, 3.63) is 54.6 Å². The highest BCUT2D eigenvalue weighted by molar-refractivity contribution is 7.98. The summed E-state index contributed by atoms with van der Waals surface area (Å²) in [5.41, 5.74) is 1.74. The first-order chi connectivity index (χ1) is 12.7. The van der Waals surface area contributed by atoms with Crippen LogP contribution in [0.4, 0.5) is 0 Å². The van der Waals surface area contributed by atoms with Gasteiger partial charge >= 0.3 is 0 Å². The van der Waals surface area contributed by atoms with Gasteiger partial charge in [0.25, 0.3) is 0 Å². The molecule has 8 heteroatoms. The summed E-state index contributed by atoms with van der Waals surface area (Å²) in [6.07, 6.45) is 4.17. The van der Waals surface area contributed by atoms with Gasteiger partial charge in [-0.1, -0.05) is 49.0 Å². The summed E-state index contributed by atoms with van der Waals surface area (Å²) in [5, 5.41) is 10.2. The fourth-order valence-corrected chi connectivity index (χ4v) is 3.42. The van der Waals surface area contributed by atoms with Crippen LogP contribution in [-0.4, -0.2) is 29.9 Å². The summed E-state index contributed by atoms with van der Waals surface area (Å²) in [6, 6.07) is 9.92. The standard InChI is InChI=1S/C18H18N6OS/c1-12(2)8-15-22-16(25-23-15)10-26-18-14-9-21-24(17(14)19-11-20-18)13-6-4-3-5-7-13/h3-7,9,11-12H,8,10H2,1-2H3. The van der Waals surface area contributed by atoms with Crippen molar-refractivity contribution in [2.24, 2.45) is 5.92 Å². The van der Waals surface area contributed by atoms with Gasteiger partial charge in [0.15, 0.2) is 11.5 Å². The largest absolute Gasteiger partial charge is 0.338 e. The number of nitrogens with zero attached hydrogens (tertiary/aromatic N) is 6. The third-order valence-corrected chi connectivity index (χ3v) is 4.75. The summed E-state index contributed by atoms with van der Waals surface area (Å²) in [7, 11) is 0. The van der Waals surface area contributed by atoms with E-state index in [1.165, 1.54) is 0 Å². The van der Waals surface area contributed by atoms with Gasteiger partial charge < -0.3 is 4.52 Å². The number of para-hydroxylation sites is 1. The minimum atomic E-state index is 0.499. The average molecular weight is 366 g/mol. The van der Waals surface area contributed by atoms with Crippen molar-refractivity contribution in [3.8, 4) is 5.69 Å². The fraction of sp³-hybridized carbons (Fsp3) is 0.278. The summed E-state index contributed by atoms with van der Waals surface area (Å²) in [4.78, 5) is 13.2. The molecule has 4 aromatic rings. The Bertz CT molecular complexity index is 1010. The van der Waals surface area contributed by atoms with Gasteiger partial charge in [0.1, 0.15) is 11.4 Å². The molecule has 0 saturated carbocycles. The van der Waals surface area contributed by atoms with Crippen LogP contribution in [0, 0.1) is 5.92 Å². The van der Waals surface area contributed by atoms with Crippen LogP contribution in [-0.2, 0) is 12.2 Å². The molecule has 0 aliphatic carbocycles. The second kappa shape index (κ2) is 7.25. The smallest absolute Gasteiger partial charge is 0.237 e. The number of hydrogen-bond acceptors (Lipinski definition) is 7. The van der Waals surface area contributed by atoms with Gasteiger partial charge in [-0.25, -0.2) is 14.6 Å². The Labute approximate surface area is 154 Å². The van der Waals surface area contributed by atoms with E-state index in [9.17, 15) is 0 Å². The van der Waals surface area contributed by atoms with Crippen LogP contribution < -0.4 is 0 Å². The summed E-state index contributed by atoms with van der Waals surface area (Å²) < 4.78 is 7.14. The lowest BCUT2D eigenvalue weighted by atomic mass is 10.1. The fourth-order valence-electron chi connectivity index (χ4n) is 2.62. The highest BCUT2D eigenvalue weighted by Gasteiger charge is 2.14. The highest BCUT2D eigenvalue weighted by atomic mass is 32.2. The van der Waals surface area contributed by atoms with Crippen molar-refractivity contribution in [1.82, 2.24) is 29.9 Å². The van der Waals surface area contributed by atoms with Crippen LogP contribution in [0.3, 0.4) is 0 Å². The topological polar surface area (TPSA) is 82.5 Å². The van der Waals surface area contributed by atoms with E-state index < -0.39 is 0 Å². The molecule has 3 heterocycles. The van der Waals surface area contributed by atoms with Gasteiger partial charge in [-0.2, -0.15) is 10.1 Å². The zero-order chi connectivity index (χ0) is 17.9. The first-order valence-corrected chi connectivity index (χ1v) is 9.37. The van der Waals surface area contributed by atoms with Crippen molar-refractivity contribution in [3.63, 3.8) is 0 Å². The lowest BCUT2D eigenvalue weighted by Gasteiger charge is -2.03. The number of thioether (sulfide) groups is 1. The second-order valence-electron chi connectivity index (χ2n) is 6.30. The van der Waals surface area contributed by atoms with E-state index in [2.05, 4.69) is 39.1 Å². The molecule has 26 heavy (non-hydrogen) atoms. The molecule has 7 nitrogen and oxygen atoms in total. The maximum Gasteiger partial charge on any atom is 0.237 e. The lowest BCUT2D eigenvalue weighted by molar-refractivity contribution is 0.382. The molecule has 0 atom stereocenters. The molecular weight excluding hydrogens is 348 g/mol. The third-order valence-electron chi connectivity index (χ3n) is 3.76. The van der Waals surface area contributed by atoms with Gasteiger partial charge in [0.2, 0.25) is 5.89 Å². The molecule has 0 radical (unpaired) electrons. The predicted molar refractivity (Wildman–Crippen MR) is 99.1 cm³/mol. The van der Waals surface area contributed by atoms with Gasteiger partial charge in [-0.3, -0.25) is 0 Å². The Kier molecular flexibility index (Phi) is 4.66. The number of rotatable bonds is 6. The zero-order valence-corrected chi connectivity index (χ0v) is 15.3. The lowest BCUT2D eigenvalue weighted by Crippen LogP contribution is -1.97. The molecule has 4 rings (SSSR count). The van der Waals surface area contributed by atoms with Crippen molar-refractivity contribution in [1.29, 1.82) is 0 Å². The van der Waals surface area contributed by atoms with E-state index in [-0.39, 0.29) is 0 Å². The van der Waals surface area contributed by atoms with Crippen LogP contribution in [0.5, 0.6) is 0 Å². The third kappa shape index (κ3) is 3.45. The molecule has 132 valence electrons.